The average molecular weight is 430 g/mol. The lowest BCUT2D eigenvalue weighted by Gasteiger charge is -1.90. The monoisotopic (exact) mass is 429 g/mol. The molecular weight excluding hydrogens is 390 g/mol. The molecule has 7 heteroatoms. The molecule has 0 aliphatic rings. The van der Waals surface area contributed by atoms with Crippen molar-refractivity contribution in [2.24, 2.45) is 5.73 Å². The molecule has 0 aromatic heterocycles. The summed E-state index contributed by atoms with van der Waals surface area (Å²) < 4.78 is 27.3. The lowest BCUT2D eigenvalue weighted by Crippen LogP contribution is -2.13. The van der Waals surface area contributed by atoms with E-state index >= 15 is 0 Å². The minimum absolute atomic E-state index is 0.0289. The van der Waals surface area contributed by atoms with Crippen molar-refractivity contribution in [2.45, 2.75) is 71.1 Å². The molecule has 168 valence electrons. The second-order valence-electron chi connectivity index (χ2n) is 6.45. The zero-order chi connectivity index (χ0) is 22.2. The van der Waals surface area contributed by atoms with Crippen molar-refractivity contribution < 1.29 is 22.9 Å². The second-order valence-corrected chi connectivity index (χ2v) is 8.02. The minimum atomic E-state index is -3.80. The first kappa shape index (κ1) is 29.5. The van der Waals surface area contributed by atoms with Gasteiger partial charge in [-0.15, -0.1) is 0 Å². The molecule has 0 aromatic rings. The second kappa shape index (κ2) is 22.6. The van der Waals surface area contributed by atoms with Crippen LogP contribution in [0.4, 0.5) is 0 Å². The third-order valence-corrected chi connectivity index (χ3v) is 4.35. The number of unbranched alkanes of at least 4 members (excludes halogenated alkanes) is 4. The summed E-state index contributed by atoms with van der Waals surface area (Å²) in [6.45, 7) is 2.20. The highest BCUT2D eigenvalue weighted by atomic mass is 32.2. The molecule has 0 heterocycles. The van der Waals surface area contributed by atoms with Crippen LogP contribution in [0, 0.1) is 0 Å². The van der Waals surface area contributed by atoms with Crippen LogP contribution in [-0.4, -0.2) is 36.3 Å². The zero-order valence-electron chi connectivity index (χ0n) is 17.7. The summed E-state index contributed by atoms with van der Waals surface area (Å²) in [5.41, 5.74) is 4.78. The van der Waals surface area contributed by atoms with Gasteiger partial charge in [0.2, 0.25) is 0 Å². The molecule has 0 bridgehead atoms. The van der Waals surface area contributed by atoms with Crippen LogP contribution in [0.25, 0.3) is 0 Å². The van der Waals surface area contributed by atoms with Crippen molar-refractivity contribution in [3.63, 3.8) is 0 Å². The van der Waals surface area contributed by atoms with Crippen molar-refractivity contribution in [1.29, 1.82) is 0 Å². The Kier molecular flexibility index (Phi) is 23.0. The predicted molar refractivity (Wildman–Crippen MR) is 122 cm³/mol. The first-order valence-corrected chi connectivity index (χ1v) is 11.9. The van der Waals surface area contributed by atoms with Gasteiger partial charge in [-0.3, -0.25) is 9.35 Å². The summed E-state index contributed by atoms with van der Waals surface area (Å²) in [6, 6.07) is 0. The Bertz CT molecular complexity index is 592. The lowest BCUT2D eigenvalue weighted by atomic mass is 10.2. The molecule has 0 saturated carbocycles. The van der Waals surface area contributed by atoms with E-state index in [1.54, 1.807) is 0 Å². The molecule has 0 aliphatic heterocycles. The van der Waals surface area contributed by atoms with Crippen molar-refractivity contribution in [3.8, 4) is 0 Å². The smallest absolute Gasteiger partial charge is 0.303 e. The van der Waals surface area contributed by atoms with Crippen LogP contribution in [-0.2, 0) is 14.9 Å². The molecule has 29 heavy (non-hydrogen) atoms. The minimum Gasteiger partial charge on any atom is -0.481 e. The molecule has 0 aliphatic carbocycles. The number of carboxylic acids is 1. The fraction of sp³-hybridized carbons (Fsp3) is 0.591. The van der Waals surface area contributed by atoms with Gasteiger partial charge in [-0.1, -0.05) is 68.4 Å². The van der Waals surface area contributed by atoms with E-state index in [1.165, 1.54) is 25.7 Å². The number of nitrogens with two attached hydrogens (primary N) is 1. The molecule has 0 radical (unpaired) electrons. The largest absolute Gasteiger partial charge is 0.481 e. The Morgan fingerprint density at radius 2 is 1.28 bits per heavy atom. The molecule has 0 amide bonds. The van der Waals surface area contributed by atoms with E-state index in [0.717, 1.165) is 32.1 Å². The lowest BCUT2D eigenvalue weighted by molar-refractivity contribution is -0.137. The van der Waals surface area contributed by atoms with Crippen LogP contribution in [0.5, 0.6) is 0 Å². The number of carboxylic acid groups (broad SMARTS) is 1. The van der Waals surface area contributed by atoms with Crippen LogP contribution in [0.15, 0.2) is 48.6 Å². The van der Waals surface area contributed by atoms with Gasteiger partial charge in [-0.05, 0) is 44.9 Å². The molecule has 0 fully saturated rings. The van der Waals surface area contributed by atoms with Gasteiger partial charge in [0.05, 0.1) is 5.75 Å². The Labute approximate surface area is 177 Å². The number of allylic oxidation sites excluding steroid dienone is 8. The van der Waals surface area contributed by atoms with E-state index in [-0.39, 0.29) is 18.7 Å². The zero-order valence-corrected chi connectivity index (χ0v) is 18.5. The number of rotatable bonds is 16. The van der Waals surface area contributed by atoms with E-state index in [4.69, 9.17) is 15.4 Å². The molecule has 0 saturated heterocycles. The maximum absolute atomic E-state index is 10.3. The van der Waals surface area contributed by atoms with Gasteiger partial charge in [0.25, 0.3) is 10.1 Å². The number of hydrogen-bond acceptors (Lipinski definition) is 4. The van der Waals surface area contributed by atoms with Crippen LogP contribution < -0.4 is 5.73 Å². The normalized spacial score (nSPS) is 12.2. The van der Waals surface area contributed by atoms with Gasteiger partial charge in [-0.25, -0.2) is 0 Å². The maximum atomic E-state index is 10.3. The average Bonchev–Trinajstić information content (AvgIpc) is 2.63. The molecule has 4 N–H and O–H groups in total. The quantitative estimate of drug-likeness (QED) is 0.179. The van der Waals surface area contributed by atoms with Crippen LogP contribution >= 0.6 is 0 Å². The summed E-state index contributed by atoms with van der Waals surface area (Å²) in [5.74, 6) is -1.07. The van der Waals surface area contributed by atoms with Crippen LogP contribution in [0.1, 0.15) is 71.1 Å². The summed E-state index contributed by atoms with van der Waals surface area (Å²) >= 11 is 0. The molecular formula is C22H39NO5S. The highest BCUT2D eigenvalue weighted by Crippen LogP contribution is 2.01. The van der Waals surface area contributed by atoms with E-state index in [1.807, 2.05) is 0 Å². The van der Waals surface area contributed by atoms with E-state index in [0.29, 0.717) is 0 Å². The van der Waals surface area contributed by atoms with E-state index in [9.17, 15) is 13.2 Å². The number of carbonyl (C=O) groups is 1. The SMILES string of the molecule is CCCCC/C=C\C/C=C\C/C=C\C/C=C\CCCC(=O)O.NCCS(=O)(=O)O. The number of hydrogen-bond donors (Lipinski definition) is 3. The summed E-state index contributed by atoms with van der Waals surface area (Å²) in [4.78, 5) is 10.3. The summed E-state index contributed by atoms with van der Waals surface area (Å²) in [6.07, 6.45) is 27.3. The van der Waals surface area contributed by atoms with Crippen molar-refractivity contribution in [2.75, 3.05) is 12.3 Å². The maximum Gasteiger partial charge on any atom is 0.303 e. The van der Waals surface area contributed by atoms with Gasteiger partial charge >= 0.3 is 5.97 Å². The standard InChI is InChI=1S/C20H32O2.C2H7NO3S/c1-2-3-4-5-6-7-8-9-10-11-12-13-14-15-16-17-18-19-20(21)22;3-1-2-7(4,5)6/h6-7,9-10,12-13,15-16H,2-5,8,11,14,17-19H2,1H3,(H,21,22);1-3H2,(H,4,5,6)/b7-6-,10-9-,13-12-,16-15-;. The third-order valence-electron chi connectivity index (χ3n) is 3.59. The summed E-state index contributed by atoms with van der Waals surface area (Å²) in [7, 11) is -3.80. The molecule has 0 spiro atoms. The molecule has 0 rings (SSSR count). The Balaban J connectivity index is 0. The molecule has 0 aromatic carbocycles. The van der Waals surface area contributed by atoms with Crippen molar-refractivity contribution in [3.05, 3.63) is 48.6 Å². The highest BCUT2D eigenvalue weighted by Gasteiger charge is 1.98. The molecule has 0 unspecified atom stereocenters. The predicted octanol–water partition coefficient (Wildman–Crippen LogP) is 5.05. The van der Waals surface area contributed by atoms with Crippen molar-refractivity contribution in [1.82, 2.24) is 0 Å². The van der Waals surface area contributed by atoms with Gasteiger partial charge in [-0.2, -0.15) is 8.42 Å². The molecule has 6 nitrogen and oxygen atoms in total. The van der Waals surface area contributed by atoms with Crippen LogP contribution in [0.2, 0.25) is 0 Å². The highest BCUT2D eigenvalue weighted by molar-refractivity contribution is 7.85. The first-order valence-electron chi connectivity index (χ1n) is 10.3. The Hall–Kier alpha value is -1.70. The van der Waals surface area contributed by atoms with Crippen LogP contribution in [0.3, 0.4) is 0 Å². The fourth-order valence-electron chi connectivity index (χ4n) is 2.08. The van der Waals surface area contributed by atoms with Crippen molar-refractivity contribution >= 4 is 16.1 Å². The topological polar surface area (TPSA) is 118 Å². The van der Waals surface area contributed by atoms with Gasteiger partial charge in [0.15, 0.2) is 0 Å². The fourth-order valence-corrected chi connectivity index (χ4v) is 2.38. The summed E-state index contributed by atoms with van der Waals surface area (Å²) in [5, 5.41) is 8.49. The van der Waals surface area contributed by atoms with E-state index in [2.05, 4.69) is 55.5 Å². The number of aliphatic carboxylic acids is 1. The van der Waals surface area contributed by atoms with Gasteiger partial charge in [0.1, 0.15) is 0 Å². The molecule has 0 atom stereocenters. The Morgan fingerprint density at radius 1 is 0.828 bits per heavy atom. The van der Waals surface area contributed by atoms with Gasteiger partial charge in [0, 0.05) is 13.0 Å². The Morgan fingerprint density at radius 3 is 1.62 bits per heavy atom. The van der Waals surface area contributed by atoms with Gasteiger partial charge < -0.3 is 10.8 Å². The third kappa shape index (κ3) is 34.2. The van der Waals surface area contributed by atoms with E-state index < -0.39 is 16.1 Å². The first-order chi connectivity index (χ1) is 13.8.